The van der Waals surface area contributed by atoms with Crippen LogP contribution in [0.2, 0.25) is 0 Å². The molecule has 0 amide bonds. The number of ether oxygens (including phenoxy) is 1. The van der Waals surface area contributed by atoms with Gasteiger partial charge in [0.05, 0.1) is 6.61 Å². The van der Waals surface area contributed by atoms with Crippen molar-refractivity contribution in [1.82, 2.24) is 9.97 Å². The van der Waals surface area contributed by atoms with Crippen molar-refractivity contribution in [2.24, 2.45) is 5.92 Å². The third-order valence-corrected chi connectivity index (χ3v) is 3.82. The van der Waals surface area contributed by atoms with Crippen LogP contribution in [0.1, 0.15) is 39.4 Å². The molecule has 2 heterocycles. The molecule has 0 aliphatic carbocycles. The maximum Gasteiger partial charge on any atom is 0.138 e. The summed E-state index contributed by atoms with van der Waals surface area (Å²) in [6.45, 7) is 9.16. The van der Waals surface area contributed by atoms with E-state index >= 15 is 0 Å². The van der Waals surface area contributed by atoms with Gasteiger partial charge in [-0.2, -0.15) is 0 Å². The van der Waals surface area contributed by atoms with Crippen LogP contribution in [0.4, 0.5) is 11.6 Å². The van der Waals surface area contributed by atoms with E-state index in [0.717, 1.165) is 43.6 Å². The van der Waals surface area contributed by atoms with E-state index in [-0.39, 0.29) is 5.41 Å². The van der Waals surface area contributed by atoms with Crippen LogP contribution in [0.5, 0.6) is 0 Å². The van der Waals surface area contributed by atoms with Crippen molar-refractivity contribution in [1.29, 1.82) is 0 Å². The molecular weight excluding hydrogens is 264 g/mol. The number of nitrogens with zero attached hydrogens (tertiary/aromatic N) is 3. The summed E-state index contributed by atoms with van der Waals surface area (Å²) in [6.07, 6.45) is 2.40. The van der Waals surface area contributed by atoms with Crippen LogP contribution < -0.4 is 10.2 Å². The van der Waals surface area contributed by atoms with Gasteiger partial charge in [0.2, 0.25) is 0 Å². The van der Waals surface area contributed by atoms with Gasteiger partial charge in [0, 0.05) is 38.7 Å². The Hall–Kier alpha value is -1.36. The van der Waals surface area contributed by atoms with Crippen molar-refractivity contribution >= 4 is 11.6 Å². The molecule has 1 aliphatic rings. The first-order chi connectivity index (χ1) is 9.90. The first-order valence-corrected chi connectivity index (χ1v) is 7.76. The molecule has 5 nitrogen and oxygen atoms in total. The summed E-state index contributed by atoms with van der Waals surface area (Å²) in [5.74, 6) is 3.31. The molecule has 1 aromatic heterocycles. The molecule has 5 heteroatoms. The van der Waals surface area contributed by atoms with Gasteiger partial charge < -0.3 is 15.0 Å². The molecule has 0 saturated carbocycles. The molecular formula is C16H28N4O. The van der Waals surface area contributed by atoms with Gasteiger partial charge in [-0.25, -0.2) is 9.97 Å². The van der Waals surface area contributed by atoms with E-state index in [0.29, 0.717) is 5.92 Å². The summed E-state index contributed by atoms with van der Waals surface area (Å²) in [7, 11) is 4.00. The van der Waals surface area contributed by atoms with Gasteiger partial charge in [-0.3, -0.25) is 0 Å². The van der Waals surface area contributed by atoms with Crippen LogP contribution in [0, 0.1) is 5.92 Å². The highest BCUT2D eigenvalue weighted by Crippen LogP contribution is 2.24. The quantitative estimate of drug-likeness (QED) is 0.924. The average molecular weight is 292 g/mol. The molecule has 1 atom stereocenters. The molecule has 1 N–H and O–H groups in total. The van der Waals surface area contributed by atoms with Crippen LogP contribution in [0.25, 0.3) is 0 Å². The largest absolute Gasteiger partial charge is 0.381 e. The smallest absolute Gasteiger partial charge is 0.138 e. The molecule has 21 heavy (non-hydrogen) atoms. The Bertz CT molecular complexity index is 464. The summed E-state index contributed by atoms with van der Waals surface area (Å²) in [6, 6.07) is 2.01. The van der Waals surface area contributed by atoms with E-state index < -0.39 is 0 Å². The lowest BCUT2D eigenvalue weighted by Gasteiger charge is -2.29. The Labute approximate surface area is 128 Å². The van der Waals surface area contributed by atoms with E-state index in [4.69, 9.17) is 9.72 Å². The third-order valence-electron chi connectivity index (χ3n) is 3.82. The van der Waals surface area contributed by atoms with Gasteiger partial charge in [-0.05, 0) is 18.8 Å². The predicted molar refractivity (Wildman–Crippen MR) is 87.1 cm³/mol. The number of hydrogen-bond donors (Lipinski definition) is 1. The molecule has 1 aromatic rings. The summed E-state index contributed by atoms with van der Waals surface area (Å²) in [5.41, 5.74) is -0.0591. The van der Waals surface area contributed by atoms with Gasteiger partial charge >= 0.3 is 0 Å². The van der Waals surface area contributed by atoms with Gasteiger partial charge in [0.25, 0.3) is 0 Å². The topological polar surface area (TPSA) is 50.3 Å². The summed E-state index contributed by atoms with van der Waals surface area (Å²) in [5, 5.41) is 3.14. The fourth-order valence-electron chi connectivity index (χ4n) is 2.53. The Morgan fingerprint density at radius 3 is 2.71 bits per heavy atom. The van der Waals surface area contributed by atoms with Crippen molar-refractivity contribution in [3.8, 4) is 0 Å². The standard InChI is InChI=1S/C16H28N4O/c1-16(2,3)15-18-13(17-4)9-14(19-15)20(5)10-12-7-6-8-21-11-12/h9,12H,6-8,10-11H2,1-5H3,(H,17,18,19). The van der Waals surface area contributed by atoms with Crippen LogP contribution in [0.3, 0.4) is 0 Å². The summed E-state index contributed by atoms with van der Waals surface area (Å²) >= 11 is 0. The molecule has 1 aliphatic heterocycles. The highest BCUT2D eigenvalue weighted by Gasteiger charge is 2.21. The highest BCUT2D eigenvalue weighted by molar-refractivity contribution is 5.49. The van der Waals surface area contributed by atoms with Crippen molar-refractivity contribution in [3.05, 3.63) is 11.9 Å². The SMILES string of the molecule is CNc1cc(N(C)CC2CCCOC2)nc(C(C)(C)C)n1. The van der Waals surface area contributed by atoms with Crippen molar-refractivity contribution in [3.63, 3.8) is 0 Å². The van der Waals surface area contributed by atoms with Crippen molar-refractivity contribution in [2.45, 2.75) is 39.0 Å². The lowest BCUT2D eigenvalue weighted by Crippen LogP contribution is -2.32. The molecule has 0 radical (unpaired) electrons. The minimum Gasteiger partial charge on any atom is -0.381 e. The highest BCUT2D eigenvalue weighted by atomic mass is 16.5. The average Bonchev–Trinajstić information content (AvgIpc) is 2.46. The van der Waals surface area contributed by atoms with Crippen molar-refractivity contribution < 1.29 is 4.74 Å². The van der Waals surface area contributed by atoms with E-state index in [1.807, 2.05) is 13.1 Å². The van der Waals surface area contributed by atoms with Crippen LogP contribution in [0.15, 0.2) is 6.07 Å². The van der Waals surface area contributed by atoms with Gasteiger partial charge in [-0.15, -0.1) is 0 Å². The predicted octanol–water partition coefficient (Wildman–Crippen LogP) is 2.68. The second kappa shape index (κ2) is 6.60. The van der Waals surface area contributed by atoms with Gasteiger partial charge in [0.1, 0.15) is 17.5 Å². The molecule has 1 saturated heterocycles. The maximum absolute atomic E-state index is 5.57. The number of hydrogen-bond acceptors (Lipinski definition) is 5. The zero-order chi connectivity index (χ0) is 15.5. The van der Waals surface area contributed by atoms with E-state index in [1.54, 1.807) is 0 Å². The Kier molecular flexibility index (Phi) is 5.04. The lowest BCUT2D eigenvalue weighted by molar-refractivity contribution is 0.0576. The first kappa shape index (κ1) is 16.0. The Balaban J connectivity index is 2.17. The second-order valence-corrected chi connectivity index (χ2v) is 6.90. The molecule has 0 aromatic carbocycles. The third kappa shape index (κ3) is 4.30. The molecule has 0 bridgehead atoms. The first-order valence-electron chi connectivity index (χ1n) is 7.76. The monoisotopic (exact) mass is 292 g/mol. The molecule has 0 spiro atoms. The lowest BCUT2D eigenvalue weighted by atomic mass is 9.95. The molecule has 1 unspecified atom stereocenters. The van der Waals surface area contributed by atoms with E-state index in [2.05, 4.69) is 43.0 Å². The van der Waals surface area contributed by atoms with Crippen LogP contribution in [-0.2, 0) is 10.2 Å². The summed E-state index contributed by atoms with van der Waals surface area (Å²) in [4.78, 5) is 11.6. The summed E-state index contributed by atoms with van der Waals surface area (Å²) < 4.78 is 5.57. The molecule has 1 fully saturated rings. The maximum atomic E-state index is 5.57. The number of anilines is 2. The zero-order valence-electron chi connectivity index (χ0n) is 13.9. The zero-order valence-corrected chi connectivity index (χ0v) is 13.9. The Morgan fingerprint density at radius 1 is 1.38 bits per heavy atom. The van der Waals surface area contributed by atoms with Crippen LogP contribution in [-0.4, -0.2) is 43.8 Å². The minimum atomic E-state index is -0.0591. The van der Waals surface area contributed by atoms with E-state index in [9.17, 15) is 0 Å². The molecule has 118 valence electrons. The Morgan fingerprint density at radius 2 is 2.14 bits per heavy atom. The minimum absolute atomic E-state index is 0.0591. The number of rotatable bonds is 4. The van der Waals surface area contributed by atoms with Gasteiger partial charge in [-0.1, -0.05) is 20.8 Å². The fourth-order valence-corrected chi connectivity index (χ4v) is 2.53. The normalized spacial score (nSPS) is 19.4. The second-order valence-electron chi connectivity index (χ2n) is 6.90. The van der Waals surface area contributed by atoms with Gasteiger partial charge in [0.15, 0.2) is 0 Å². The molecule has 2 rings (SSSR count). The van der Waals surface area contributed by atoms with E-state index in [1.165, 1.54) is 6.42 Å². The number of nitrogens with one attached hydrogen (secondary N) is 1. The fraction of sp³-hybridized carbons (Fsp3) is 0.750. The number of aromatic nitrogens is 2. The van der Waals surface area contributed by atoms with Crippen molar-refractivity contribution in [2.75, 3.05) is 44.1 Å². The van der Waals surface area contributed by atoms with Crippen LogP contribution >= 0.6 is 0 Å².